The van der Waals surface area contributed by atoms with Gasteiger partial charge in [-0.1, -0.05) is 12.2 Å². The Balaban J connectivity index is 4.45. The largest absolute Gasteiger partial charge is 0.382 e. The van der Waals surface area contributed by atoms with Crippen LogP contribution in [0.5, 0.6) is 0 Å². The van der Waals surface area contributed by atoms with Crippen molar-refractivity contribution in [1.82, 2.24) is 0 Å². The molecule has 0 saturated heterocycles. The Kier molecular flexibility index (Phi) is 4.73. The first-order valence-corrected chi connectivity index (χ1v) is 3.38. The van der Waals surface area contributed by atoms with Crippen molar-refractivity contribution in [3.63, 3.8) is 0 Å². The fourth-order valence-corrected chi connectivity index (χ4v) is 0.529. The molecule has 0 unspecified atom stereocenters. The van der Waals surface area contributed by atoms with E-state index in [-0.39, 0.29) is 5.84 Å². The van der Waals surface area contributed by atoms with Gasteiger partial charge in [-0.05, 0) is 19.9 Å². The lowest BCUT2D eigenvalue weighted by atomic mass is 10.3. The fraction of sp³-hybridized carbons (Fsp3) is 0.250. The van der Waals surface area contributed by atoms with Gasteiger partial charge in [0.1, 0.15) is 11.5 Å². The topological polar surface area (TPSA) is 62.2 Å². The van der Waals surface area contributed by atoms with Gasteiger partial charge in [-0.25, -0.2) is 0 Å². The maximum Gasteiger partial charge on any atom is 0.141 e. The second-order valence-corrected chi connectivity index (χ2v) is 1.88. The van der Waals surface area contributed by atoms with Gasteiger partial charge in [0.25, 0.3) is 0 Å². The highest BCUT2D eigenvalue weighted by Gasteiger charge is 1.92. The summed E-state index contributed by atoms with van der Waals surface area (Å²) in [7, 11) is 0. The summed E-state index contributed by atoms with van der Waals surface area (Å²) in [5.41, 5.74) is 5.72. The molecule has 0 rings (SSSR count). The van der Waals surface area contributed by atoms with Crippen LogP contribution in [0, 0.1) is 5.41 Å². The Morgan fingerprint density at radius 2 is 2.09 bits per heavy atom. The lowest BCUT2D eigenvalue weighted by molar-refractivity contribution is 1.35. The summed E-state index contributed by atoms with van der Waals surface area (Å²) in [6.45, 7) is 3.68. The Labute approximate surface area is 66.8 Å². The van der Waals surface area contributed by atoms with Gasteiger partial charge in [-0.3, -0.25) is 10.4 Å². The van der Waals surface area contributed by atoms with Crippen LogP contribution in [0.3, 0.4) is 0 Å². The minimum absolute atomic E-state index is 0.0128. The zero-order chi connectivity index (χ0) is 8.69. The highest BCUT2D eigenvalue weighted by molar-refractivity contribution is 5.95. The van der Waals surface area contributed by atoms with Gasteiger partial charge in [0, 0.05) is 6.21 Å². The molecule has 0 aromatic carbocycles. The quantitative estimate of drug-likeness (QED) is 0.358. The Bertz CT molecular complexity index is 211. The van der Waals surface area contributed by atoms with Crippen molar-refractivity contribution in [1.29, 1.82) is 5.41 Å². The molecule has 0 spiro atoms. The first-order valence-electron chi connectivity index (χ1n) is 3.38. The van der Waals surface area contributed by atoms with Crippen LogP contribution in [-0.2, 0) is 0 Å². The van der Waals surface area contributed by atoms with Crippen LogP contribution in [0.2, 0.25) is 0 Å². The summed E-state index contributed by atoms with van der Waals surface area (Å²) in [6, 6.07) is 0. The van der Waals surface area contributed by atoms with Crippen LogP contribution >= 0.6 is 0 Å². The highest BCUT2D eigenvalue weighted by Crippen LogP contribution is 1.94. The number of amidine groups is 1. The van der Waals surface area contributed by atoms with Gasteiger partial charge in [-0.15, -0.1) is 0 Å². The number of hydrogen-bond donors (Lipinski definition) is 2. The number of rotatable bonds is 3. The van der Waals surface area contributed by atoms with Crippen LogP contribution in [0.1, 0.15) is 13.8 Å². The molecule has 0 aliphatic heterocycles. The van der Waals surface area contributed by atoms with Crippen molar-refractivity contribution in [2.45, 2.75) is 13.8 Å². The van der Waals surface area contributed by atoms with Crippen molar-refractivity contribution in [2.75, 3.05) is 0 Å². The molecule has 0 aliphatic carbocycles. The molecule has 0 heterocycles. The van der Waals surface area contributed by atoms with Crippen LogP contribution in [0.25, 0.3) is 0 Å². The molecule has 0 aliphatic rings. The normalized spacial score (nSPS) is 13.1. The SMILES string of the molecule is CC=N/C(=C/C=C\C)C(=N)N. The predicted octanol–water partition coefficient (Wildman–Crippen LogP) is 1.47. The zero-order valence-corrected chi connectivity index (χ0v) is 6.83. The molecular formula is C8H13N3. The number of allylic oxidation sites excluding steroid dienone is 3. The lowest BCUT2D eigenvalue weighted by Gasteiger charge is -1.94. The summed E-state index contributed by atoms with van der Waals surface area (Å²) in [4.78, 5) is 3.90. The smallest absolute Gasteiger partial charge is 0.141 e. The van der Waals surface area contributed by atoms with E-state index in [9.17, 15) is 0 Å². The van der Waals surface area contributed by atoms with E-state index >= 15 is 0 Å². The molecule has 0 saturated carbocycles. The standard InChI is InChI=1S/C8H13N3/c1-3-5-6-7(8(9)10)11-4-2/h3-6H,1-2H3,(H3,9,10)/b5-3-,7-6+,11-4?. The second kappa shape index (κ2) is 5.41. The minimum atomic E-state index is -0.0128. The monoisotopic (exact) mass is 151 g/mol. The molecule has 0 bridgehead atoms. The molecular weight excluding hydrogens is 138 g/mol. The fourth-order valence-electron chi connectivity index (χ4n) is 0.529. The molecule has 0 aromatic heterocycles. The lowest BCUT2D eigenvalue weighted by Crippen LogP contribution is -2.11. The molecule has 11 heavy (non-hydrogen) atoms. The van der Waals surface area contributed by atoms with Crippen molar-refractivity contribution in [2.24, 2.45) is 10.7 Å². The Morgan fingerprint density at radius 1 is 1.45 bits per heavy atom. The molecule has 3 N–H and O–H groups in total. The van der Waals surface area contributed by atoms with E-state index in [1.54, 1.807) is 25.3 Å². The molecule has 0 fully saturated rings. The van der Waals surface area contributed by atoms with E-state index in [0.717, 1.165) is 0 Å². The molecule has 0 radical (unpaired) electrons. The molecule has 3 heteroatoms. The van der Waals surface area contributed by atoms with Crippen molar-refractivity contribution >= 4 is 12.1 Å². The van der Waals surface area contributed by atoms with Crippen molar-refractivity contribution in [3.8, 4) is 0 Å². The second-order valence-electron chi connectivity index (χ2n) is 1.88. The van der Waals surface area contributed by atoms with Gasteiger partial charge in [0.15, 0.2) is 0 Å². The van der Waals surface area contributed by atoms with Crippen LogP contribution in [0.4, 0.5) is 0 Å². The predicted molar refractivity (Wildman–Crippen MR) is 49.0 cm³/mol. The van der Waals surface area contributed by atoms with E-state index in [0.29, 0.717) is 5.70 Å². The molecule has 0 atom stereocenters. The average molecular weight is 151 g/mol. The van der Waals surface area contributed by atoms with E-state index in [1.165, 1.54) is 0 Å². The number of hydrogen-bond acceptors (Lipinski definition) is 2. The first-order chi connectivity index (χ1) is 5.22. The van der Waals surface area contributed by atoms with Gasteiger partial charge in [0.2, 0.25) is 0 Å². The third-order valence-electron chi connectivity index (χ3n) is 0.991. The third-order valence-corrected chi connectivity index (χ3v) is 0.991. The van der Waals surface area contributed by atoms with Crippen LogP contribution in [0.15, 0.2) is 28.9 Å². The first kappa shape index (κ1) is 9.62. The van der Waals surface area contributed by atoms with E-state index in [2.05, 4.69) is 4.99 Å². The summed E-state index contributed by atoms with van der Waals surface area (Å²) in [5, 5.41) is 7.10. The van der Waals surface area contributed by atoms with Gasteiger partial charge in [-0.2, -0.15) is 0 Å². The Morgan fingerprint density at radius 3 is 2.45 bits per heavy atom. The minimum Gasteiger partial charge on any atom is -0.382 e. The van der Waals surface area contributed by atoms with E-state index < -0.39 is 0 Å². The maximum atomic E-state index is 7.10. The Hall–Kier alpha value is -1.38. The molecule has 60 valence electrons. The number of nitrogens with one attached hydrogen (secondary N) is 1. The summed E-state index contributed by atoms with van der Waals surface area (Å²) in [5.74, 6) is -0.0128. The number of nitrogens with two attached hydrogens (primary N) is 1. The molecule has 3 nitrogen and oxygen atoms in total. The van der Waals surface area contributed by atoms with Crippen LogP contribution in [-0.4, -0.2) is 12.1 Å². The van der Waals surface area contributed by atoms with Gasteiger partial charge in [0.05, 0.1) is 0 Å². The van der Waals surface area contributed by atoms with E-state index in [1.807, 2.05) is 13.0 Å². The molecule has 0 amide bonds. The summed E-state index contributed by atoms with van der Waals surface area (Å²) in [6.07, 6.45) is 6.96. The van der Waals surface area contributed by atoms with Gasteiger partial charge < -0.3 is 5.73 Å². The van der Waals surface area contributed by atoms with Crippen molar-refractivity contribution in [3.05, 3.63) is 23.9 Å². The zero-order valence-electron chi connectivity index (χ0n) is 6.83. The summed E-state index contributed by atoms with van der Waals surface area (Å²) >= 11 is 0. The third kappa shape index (κ3) is 4.08. The summed E-state index contributed by atoms with van der Waals surface area (Å²) < 4.78 is 0. The maximum absolute atomic E-state index is 7.10. The highest BCUT2D eigenvalue weighted by atomic mass is 14.8. The molecule has 0 aromatic rings. The van der Waals surface area contributed by atoms with Crippen LogP contribution < -0.4 is 5.73 Å². The average Bonchev–Trinajstić information content (AvgIpc) is 1.97. The number of nitrogens with zero attached hydrogens (tertiary/aromatic N) is 1. The van der Waals surface area contributed by atoms with Gasteiger partial charge >= 0.3 is 0 Å². The number of aliphatic imine (C=N–C) groups is 1. The van der Waals surface area contributed by atoms with Crippen molar-refractivity contribution < 1.29 is 0 Å². The van der Waals surface area contributed by atoms with E-state index in [4.69, 9.17) is 11.1 Å².